The molecule has 3 saturated heterocycles. The molecule has 0 aromatic carbocycles. The van der Waals surface area contributed by atoms with E-state index in [1.54, 1.807) is 12.3 Å². The minimum absolute atomic E-state index is 0.00585. The Morgan fingerprint density at radius 1 is 1.13 bits per heavy atom. The number of fused-ring (bicyclic) bond motifs is 1. The summed E-state index contributed by atoms with van der Waals surface area (Å²) in [4.78, 5) is 39.1. The molecule has 0 radical (unpaired) electrons. The van der Waals surface area contributed by atoms with E-state index in [4.69, 9.17) is 0 Å². The highest BCUT2D eigenvalue weighted by Gasteiger charge is 2.63. The first-order valence-corrected chi connectivity index (χ1v) is 11.1. The number of aryl methyl sites for hydroxylation is 1. The summed E-state index contributed by atoms with van der Waals surface area (Å²) < 4.78 is 0. The SMILES string of the molecule is Cc1cccc(C(=O)N2CCC3(CC2)CN(Cc2cccnc2)C[C@]32CCNC2=O)n1. The van der Waals surface area contributed by atoms with Gasteiger partial charge in [-0.1, -0.05) is 12.1 Å². The van der Waals surface area contributed by atoms with Crippen LogP contribution >= 0.6 is 0 Å². The monoisotopic (exact) mass is 419 g/mol. The lowest BCUT2D eigenvalue weighted by atomic mass is 9.60. The molecule has 7 nitrogen and oxygen atoms in total. The molecule has 0 aliphatic carbocycles. The second-order valence-corrected chi connectivity index (χ2v) is 9.33. The summed E-state index contributed by atoms with van der Waals surface area (Å²) in [5, 5.41) is 3.11. The quantitative estimate of drug-likeness (QED) is 0.824. The number of amides is 2. The van der Waals surface area contributed by atoms with Gasteiger partial charge in [0.25, 0.3) is 5.91 Å². The summed E-state index contributed by atoms with van der Waals surface area (Å²) in [6.07, 6.45) is 6.27. The second kappa shape index (κ2) is 7.71. The third kappa shape index (κ3) is 3.41. The van der Waals surface area contributed by atoms with Gasteiger partial charge in [-0.05, 0) is 49.9 Å². The van der Waals surface area contributed by atoms with E-state index in [1.165, 1.54) is 5.56 Å². The number of hydrogen-bond donors (Lipinski definition) is 1. The van der Waals surface area contributed by atoms with E-state index in [-0.39, 0.29) is 22.6 Å². The molecule has 5 rings (SSSR count). The minimum Gasteiger partial charge on any atom is -0.356 e. The second-order valence-electron chi connectivity index (χ2n) is 9.33. The highest BCUT2D eigenvalue weighted by atomic mass is 16.2. The number of aromatic nitrogens is 2. The first-order valence-electron chi connectivity index (χ1n) is 11.1. The molecular formula is C24H29N5O2. The highest BCUT2D eigenvalue weighted by Crippen LogP contribution is 2.56. The van der Waals surface area contributed by atoms with Crippen molar-refractivity contribution in [2.45, 2.75) is 32.7 Å². The maximum atomic E-state index is 13.1. The highest BCUT2D eigenvalue weighted by molar-refractivity contribution is 5.92. The van der Waals surface area contributed by atoms with Gasteiger partial charge in [-0.3, -0.25) is 19.5 Å². The maximum Gasteiger partial charge on any atom is 0.272 e. The van der Waals surface area contributed by atoms with Crippen molar-refractivity contribution in [3.8, 4) is 0 Å². The first-order chi connectivity index (χ1) is 15.0. The van der Waals surface area contributed by atoms with Gasteiger partial charge in [0.15, 0.2) is 0 Å². The summed E-state index contributed by atoms with van der Waals surface area (Å²) in [6, 6.07) is 9.63. The Bertz CT molecular complexity index is 986. The maximum absolute atomic E-state index is 13.1. The van der Waals surface area contributed by atoms with Crippen LogP contribution in [0.5, 0.6) is 0 Å². The number of carbonyl (C=O) groups is 2. The third-order valence-electron chi connectivity index (χ3n) is 7.55. The molecule has 3 fully saturated rings. The number of nitrogens with zero attached hydrogens (tertiary/aromatic N) is 4. The predicted molar refractivity (Wildman–Crippen MR) is 116 cm³/mol. The van der Waals surface area contributed by atoms with Crippen molar-refractivity contribution in [3.05, 3.63) is 59.7 Å². The largest absolute Gasteiger partial charge is 0.356 e. The molecule has 0 unspecified atom stereocenters. The molecule has 0 saturated carbocycles. The molecule has 2 amide bonds. The van der Waals surface area contributed by atoms with Gasteiger partial charge in [-0.2, -0.15) is 0 Å². The van der Waals surface area contributed by atoms with E-state index in [1.807, 2.05) is 36.2 Å². The molecule has 2 aromatic rings. The summed E-state index contributed by atoms with van der Waals surface area (Å²) >= 11 is 0. The number of nitrogens with one attached hydrogen (secondary N) is 1. The molecule has 5 heterocycles. The number of piperidine rings is 1. The van der Waals surface area contributed by atoms with Crippen molar-refractivity contribution in [1.29, 1.82) is 0 Å². The molecule has 1 N–H and O–H groups in total. The average molecular weight is 420 g/mol. The normalized spacial score (nSPS) is 25.3. The van der Waals surface area contributed by atoms with Crippen LogP contribution in [-0.2, 0) is 11.3 Å². The molecule has 31 heavy (non-hydrogen) atoms. The molecule has 7 heteroatoms. The molecule has 1 atom stereocenters. The Morgan fingerprint density at radius 3 is 2.65 bits per heavy atom. The summed E-state index contributed by atoms with van der Waals surface area (Å²) in [5.41, 5.74) is 2.08. The van der Waals surface area contributed by atoms with Crippen molar-refractivity contribution in [3.63, 3.8) is 0 Å². The smallest absolute Gasteiger partial charge is 0.272 e. The number of pyridine rings is 2. The number of rotatable bonds is 3. The van der Waals surface area contributed by atoms with Crippen LogP contribution in [0.15, 0.2) is 42.7 Å². The molecule has 0 bridgehead atoms. The third-order valence-corrected chi connectivity index (χ3v) is 7.55. The van der Waals surface area contributed by atoms with Gasteiger partial charge in [-0.15, -0.1) is 0 Å². The van der Waals surface area contributed by atoms with E-state index in [2.05, 4.69) is 26.3 Å². The van der Waals surface area contributed by atoms with Crippen LogP contribution in [-0.4, -0.2) is 64.3 Å². The van der Waals surface area contributed by atoms with Crippen LogP contribution in [0.25, 0.3) is 0 Å². The summed E-state index contributed by atoms with van der Waals surface area (Å²) in [6.45, 7) is 6.47. The van der Waals surface area contributed by atoms with Crippen molar-refractivity contribution in [2.75, 3.05) is 32.7 Å². The van der Waals surface area contributed by atoms with Gasteiger partial charge in [0.2, 0.25) is 5.91 Å². The van der Waals surface area contributed by atoms with Crippen LogP contribution in [0, 0.1) is 17.8 Å². The van der Waals surface area contributed by atoms with Crippen molar-refractivity contribution in [2.24, 2.45) is 10.8 Å². The van der Waals surface area contributed by atoms with Gasteiger partial charge < -0.3 is 10.2 Å². The lowest BCUT2D eigenvalue weighted by molar-refractivity contribution is -0.133. The lowest BCUT2D eigenvalue weighted by Gasteiger charge is -2.46. The predicted octanol–water partition coefficient (Wildman–Crippen LogP) is 2.03. The van der Waals surface area contributed by atoms with Crippen LogP contribution in [0.1, 0.15) is 41.0 Å². The van der Waals surface area contributed by atoms with Gasteiger partial charge in [0, 0.05) is 62.8 Å². The van der Waals surface area contributed by atoms with Crippen molar-refractivity contribution < 1.29 is 9.59 Å². The number of carbonyl (C=O) groups excluding carboxylic acids is 2. The molecule has 2 aromatic heterocycles. The molecule has 3 aliphatic rings. The lowest BCUT2D eigenvalue weighted by Crippen LogP contribution is -2.53. The van der Waals surface area contributed by atoms with Crippen LogP contribution < -0.4 is 5.32 Å². The Kier molecular flexibility index (Phi) is 5.01. The van der Waals surface area contributed by atoms with Crippen molar-refractivity contribution >= 4 is 11.8 Å². The van der Waals surface area contributed by atoms with E-state index in [0.717, 1.165) is 51.1 Å². The zero-order chi connectivity index (χ0) is 21.5. The summed E-state index contributed by atoms with van der Waals surface area (Å²) in [5.74, 6) is 0.190. The molecule has 3 aliphatic heterocycles. The Balaban J connectivity index is 1.35. The number of likely N-dealkylation sites (tertiary alicyclic amines) is 2. The molecule has 2 spiro atoms. The molecule has 162 valence electrons. The first kappa shape index (κ1) is 20.1. The van der Waals surface area contributed by atoms with E-state index in [0.29, 0.717) is 18.8 Å². The van der Waals surface area contributed by atoms with Crippen LogP contribution in [0.2, 0.25) is 0 Å². The fourth-order valence-electron chi connectivity index (χ4n) is 5.97. The Morgan fingerprint density at radius 2 is 1.97 bits per heavy atom. The standard InChI is InChI=1S/C24H29N5O2/c1-18-4-2-6-20(27-18)21(30)29-12-8-23(9-13-29)16-28(15-19-5-3-10-25-14-19)17-24(23)7-11-26-22(24)31/h2-6,10,14H,7-9,11-13,15-17H2,1H3,(H,26,31)/t24-/m0/s1. The average Bonchev–Trinajstić information content (AvgIpc) is 3.29. The zero-order valence-electron chi connectivity index (χ0n) is 18.0. The van der Waals surface area contributed by atoms with Gasteiger partial charge >= 0.3 is 0 Å². The zero-order valence-corrected chi connectivity index (χ0v) is 18.0. The summed E-state index contributed by atoms with van der Waals surface area (Å²) in [7, 11) is 0. The van der Waals surface area contributed by atoms with Gasteiger partial charge in [0.1, 0.15) is 5.69 Å². The van der Waals surface area contributed by atoms with E-state index in [9.17, 15) is 9.59 Å². The topological polar surface area (TPSA) is 78.4 Å². The van der Waals surface area contributed by atoms with Crippen molar-refractivity contribution in [1.82, 2.24) is 25.1 Å². The number of hydrogen-bond acceptors (Lipinski definition) is 5. The van der Waals surface area contributed by atoms with Gasteiger partial charge in [0.05, 0.1) is 5.41 Å². The van der Waals surface area contributed by atoms with Crippen LogP contribution in [0.3, 0.4) is 0 Å². The Labute approximate surface area is 182 Å². The van der Waals surface area contributed by atoms with E-state index < -0.39 is 0 Å². The van der Waals surface area contributed by atoms with Gasteiger partial charge in [-0.25, -0.2) is 4.98 Å². The van der Waals surface area contributed by atoms with E-state index >= 15 is 0 Å². The fourth-order valence-corrected chi connectivity index (χ4v) is 5.97. The minimum atomic E-state index is -0.355. The Hall–Kier alpha value is -2.80. The van der Waals surface area contributed by atoms with Crippen LogP contribution in [0.4, 0.5) is 0 Å². The molecular weight excluding hydrogens is 390 g/mol. The fraction of sp³-hybridized carbons (Fsp3) is 0.500.